The lowest BCUT2D eigenvalue weighted by Gasteiger charge is -2.28. The van der Waals surface area contributed by atoms with E-state index in [1.54, 1.807) is 18.2 Å². The van der Waals surface area contributed by atoms with Crippen molar-refractivity contribution in [2.75, 3.05) is 43.2 Å². The van der Waals surface area contributed by atoms with Gasteiger partial charge in [0.25, 0.3) is 5.91 Å². The monoisotopic (exact) mass is 348 g/mol. The molecule has 2 aliphatic heterocycles. The van der Waals surface area contributed by atoms with E-state index < -0.39 is 0 Å². The fourth-order valence-electron chi connectivity index (χ4n) is 3.19. The molecule has 6 nitrogen and oxygen atoms in total. The molecular weight excluding hydrogens is 328 g/mol. The van der Waals surface area contributed by atoms with E-state index in [0.29, 0.717) is 5.71 Å². The van der Waals surface area contributed by atoms with Crippen molar-refractivity contribution in [3.8, 4) is 0 Å². The van der Waals surface area contributed by atoms with Gasteiger partial charge in [0, 0.05) is 31.4 Å². The van der Waals surface area contributed by atoms with Crippen LogP contribution in [0.2, 0.25) is 0 Å². The Kier molecular flexibility index (Phi) is 4.50. The lowest BCUT2D eigenvalue weighted by atomic mass is 10.1. The van der Waals surface area contributed by atoms with Gasteiger partial charge in [0.05, 0.1) is 25.1 Å². The van der Waals surface area contributed by atoms with Crippen molar-refractivity contribution in [1.29, 1.82) is 0 Å². The Labute approximate surface area is 152 Å². The molecule has 1 fully saturated rings. The van der Waals surface area contributed by atoms with Crippen LogP contribution in [-0.4, -0.2) is 51.2 Å². The van der Waals surface area contributed by atoms with Crippen molar-refractivity contribution < 1.29 is 9.53 Å². The number of anilines is 2. The number of para-hydroxylation sites is 1. The average Bonchev–Trinajstić information content (AvgIpc) is 2.94. The van der Waals surface area contributed by atoms with Gasteiger partial charge < -0.3 is 14.5 Å². The zero-order valence-electron chi connectivity index (χ0n) is 14.6. The summed E-state index contributed by atoms with van der Waals surface area (Å²) < 4.78 is 5.38. The topological polar surface area (TPSA) is 57.5 Å². The highest BCUT2D eigenvalue weighted by Gasteiger charge is 2.30. The van der Waals surface area contributed by atoms with E-state index in [1.807, 2.05) is 36.4 Å². The van der Waals surface area contributed by atoms with E-state index in [2.05, 4.69) is 27.2 Å². The quantitative estimate of drug-likeness (QED) is 0.632. The molecule has 26 heavy (non-hydrogen) atoms. The Morgan fingerprint density at radius 1 is 1.04 bits per heavy atom. The van der Waals surface area contributed by atoms with Gasteiger partial charge in [0.2, 0.25) is 0 Å². The molecule has 4 rings (SSSR count). The number of carbonyl (C=O) groups excluding carboxylic acids is 1. The van der Waals surface area contributed by atoms with Crippen molar-refractivity contribution >= 4 is 29.2 Å². The minimum Gasteiger partial charge on any atom is -0.378 e. The van der Waals surface area contributed by atoms with Crippen molar-refractivity contribution in [2.24, 2.45) is 10.2 Å². The Morgan fingerprint density at radius 2 is 1.77 bits per heavy atom. The van der Waals surface area contributed by atoms with E-state index in [1.165, 1.54) is 5.69 Å². The Hall–Kier alpha value is -2.99. The number of ether oxygens (including phenoxy) is 1. The van der Waals surface area contributed by atoms with Crippen LogP contribution in [0.4, 0.5) is 11.4 Å². The molecule has 2 aromatic carbocycles. The van der Waals surface area contributed by atoms with Crippen LogP contribution in [0.3, 0.4) is 0 Å². The Morgan fingerprint density at radius 3 is 2.54 bits per heavy atom. The molecule has 0 atom stereocenters. The minimum absolute atomic E-state index is 0.133. The van der Waals surface area contributed by atoms with Crippen LogP contribution in [0, 0.1) is 0 Å². The lowest BCUT2D eigenvalue weighted by molar-refractivity contribution is -0.111. The Balaban J connectivity index is 1.50. The largest absolute Gasteiger partial charge is 0.378 e. The molecule has 2 heterocycles. The molecule has 0 aliphatic carbocycles. The van der Waals surface area contributed by atoms with Gasteiger partial charge in [-0.05, 0) is 23.8 Å². The molecule has 6 heteroatoms. The molecule has 1 amide bonds. The van der Waals surface area contributed by atoms with Crippen molar-refractivity contribution in [2.45, 2.75) is 0 Å². The summed E-state index contributed by atoms with van der Waals surface area (Å²) in [5.41, 5.74) is 4.18. The molecule has 0 unspecified atom stereocenters. The molecule has 2 aromatic rings. The summed E-state index contributed by atoms with van der Waals surface area (Å²) >= 11 is 0. The third-order valence-corrected chi connectivity index (χ3v) is 4.66. The summed E-state index contributed by atoms with van der Waals surface area (Å²) in [6.07, 6.45) is 1.67. The number of benzene rings is 2. The van der Waals surface area contributed by atoms with Gasteiger partial charge in [-0.2, -0.15) is 5.10 Å². The zero-order valence-corrected chi connectivity index (χ0v) is 14.6. The van der Waals surface area contributed by atoms with Crippen LogP contribution in [-0.2, 0) is 9.53 Å². The van der Waals surface area contributed by atoms with Crippen LogP contribution >= 0.6 is 0 Å². The van der Waals surface area contributed by atoms with E-state index in [-0.39, 0.29) is 5.91 Å². The number of nitrogens with zero attached hydrogens (tertiary/aromatic N) is 4. The van der Waals surface area contributed by atoms with Gasteiger partial charge in [-0.15, -0.1) is 5.10 Å². The van der Waals surface area contributed by atoms with Crippen LogP contribution in [0.25, 0.3) is 0 Å². The minimum atomic E-state index is -0.133. The maximum atomic E-state index is 12.3. The van der Waals surface area contributed by atoms with Crippen molar-refractivity contribution in [3.05, 3.63) is 59.7 Å². The summed E-state index contributed by atoms with van der Waals surface area (Å²) in [7, 11) is 1.75. The number of fused-ring (bicyclic) bond motifs is 1. The zero-order chi connectivity index (χ0) is 17.9. The average molecular weight is 348 g/mol. The fraction of sp³-hybridized carbons (Fsp3) is 0.250. The van der Waals surface area contributed by atoms with Gasteiger partial charge in [-0.25, -0.2) is 0 Å². The van der Waals surface area contributed by atoms with E-state index >= 15 is 0 Å². The van der Waals surface area contributed by atoms with Gasteiger partial charge in [0.15, 0.2) is 5.71 Å². The number of amides is 1. The first-order valence-corrected chi connectivity index (χ1v) is 8.65. The molecule has 0 saturated carbocycles. The maximum Gasteiger partial charge on any atom is 0.279 e. The molecule has 0 bridgehead atoms. The highest BCUT2D eigenvalue weighted by Crippen LogP contribution is 2.27. The third kappa shape index (κ3) is 3.11. The highest BCUT2D eigenvalue weighted by atomic mass is 16.5. The smallest absolute Gasteiger partial charge is 0.279 e. The van der Waals surface area contributed by atoms with Gasteiger partial charge >= 0.3 is 0 Å². The standard InChI is InChI=1S/C20H20N4O2/c1-23-18-5-3-2-4-17(18)19(20(23)25)22-21-14-15-6-8-16(9-7-15)24-10-12-26-13-11-24/h2-9,14H,10-13H2,1H3/b21-14-,22-19+. The summed E-state index contributed by atoms with van der Waals surface area (Å²) in [6, 6.07) is 15.8. The maximum absolute atomic E-state index is 12.3. The van der Waals surface area contributed by atoms with Crippen molar-refractivity contribution in [3.63, 3.8) is 0 Å². The molecule has 2 aliphatic rings. The first-order chi connectivity index (χ1) is 12.7. The van der Waals surface area contributed by atoms with Crippen LogP contribution < -0.4 is 9.80 Å². The third-order valence-electron chi connectivity index (χ3n) is 4.66. The van der Waals surface area contributed by atoms with E-state index in [4.69, 9.17) is 4.74 Å². The van der Waals surface area contributed by atoms with Crippen LogP contribution in [0.1, 0.15) is 11.1 Å². The van der Waals surface area contributed by atoms with Crippen LogP contribution in [0.5, 0.6) is 0 Å². The summed E-state index contributed by atoms with van der Waals surface area (Å²) in [4.78, 5) is 16.2. The second-order valence-corrected chi connectivity index (χ2v) is 6.27. The Bertz CT molecular complexity index is 868. The predicted octanol–water partition coefficient (Wildman–Crippen LogP) is 2.32. The number of morpholine rings is 1. The van der Waals surface area contributed by atoms with Crippen molar-refractivity contribution in [1.82, 2.24) is 0 Å². The van der Waals surface area contributed by atoms with Crippen LogP contribution in [0.15, 0.2) is 58.7 Å². The normalized spacial score (nSPS) is 18.8. The highest BCUT2D eigenvalue weighted by molar-refractivity contribution is 6.54. The molecule has 0 spiro atoms. The molecule has 0 N–H and O–H groups in total. The first kappa shape index (κ1) is 16.5. The second kappa shape index (κ2) is 7.09. The predicted molar refractivity (Wildman–Crippen MR) is 103 cm³/mol. The van der Waals surface area contributed by atoms with E-state index in [9.17, 15) is 4.79 Å². The summed E-state index contributed by atoms with van der Waals surface area (Å²) in [6.45, 7) is 3.36. The second-order valence-electron chi connectivity index (χ2n) is 6.27. The summed E-state index contributed by atoms with van der Waals surface area (Å²) in [5, 5.41) is 8.30. The van der Waals surface area contributed by atoms with Gasteiger partial charge in [-0.3, -0.25) is 4.79 Å². The van der Waals surface area contributed by atoms with Gasteiger partial charge in [0.1, 0.15) is 0 Å². The molecule has 0 aromatic heterocycles. The molecule has 132 valence electrons. The number of rotatable bonds is 3. The summed E-state index contributed by atoms with van der Waals surface area (Å²) in [5.74, 6) is -0.133. The number of likely N-dealkylation sites (N-methyl/N-ethyl adjacent to an activating group) is 1. The van der Waals surface area contributed by atoms with E-state index in [0.717, 1.165) is 43.1 Å². The first-order valence-electron chi connectivity index (χ1n) is 8.65. The SMILES string of the molecule is CN1C(=O)/C(=N/N=C\c2ccc(N3CCOCC3)cc2)c2ccccc21. The molecular formula is C20H20N4O2. The lowest BCUT2D eigenvalue weighted by Crippen LogP contribution is -2.36. The fourth-order valence-corrected chi connectivity index (χ4v) is 3.19. The molecule has 0 radical (unpaired) electrons. The number of hydrogen-bond donors (Lipinski definition) is 0. The molecule has 1 saturated heterocycles. The van der Waals surface area contributed by atoms with Gasteiger partial charge in [-0.1, -0.05) is 30.3 Å². The number of hydrogen-bond acceptors (Lipinski definition) is 5. The number of carbonyl (C=O) groups is 1.